The number of rotatable bonds is 0. The van der Waals surface area contributed by atoms with Crippen molar-refractivity contribution in [3.05, 3.63) is 11.6 Å². The molecule has 3 fully saturated rings. The van der Waals surface area contributed by atoms with E-state index in [2.05, 4.69) is 13.8 Å². The van der Waals surface area contributed by atoms with Gasteiger partial charge in [0.15, 0.2) is 0 Å². The monoisotopic (exact) mass is 306 g/mol. The van der Waals surface area contributed by atoms with Gasteiger partial charge in [-0.05, 0) is 55.8 Å². The maximum absolute atomic E-state index is 15.1. The van der Waals surface area contributed by atoms with Gasteiger partial charge >= 0.3 is 0 Å². The number of halogens is 1. The van der Waals surface area contributed by atoms with Crippen molar-refractivity contribution in [2.24, 2.45) is 28.6 Å². The van der Waals surface area contributed by atoms with Gasteiger partial charge in [0.2, 0.25) is 0 Å². The fourth-order valence-corrected chi connectivity index (χ4v) is 6.36. The molecule has 3 heteroatoms. The van der Waals surface area contributed by atoms with Crippen molar-refractivity contribution in [2.75, 3.05) is 0 Å². The van der Waals surface area contributed by atoms with Crippen LogP contribution in [0, 0.1) is 28.6 Å². The fraction of sp³-hybridized carbons (Fsp3) is 0.842. The number of hydrogen-bond donors (Lipinski definition) is 1. The first kappa shape index (κ1) is 14.9. The Balaban J connectivity index is 1.75. The fourth-order valence-electron chi connectivity index (χ4n) is 6.36. The molecule has 4 aliphatic rings. The minimum Gasteiger partial charge on any atom is -0.393 e. The van der Waals surface area contributed by atoms with E-state index in [0.29, 0.717) is 24.5 Å². The Bertz CT molecular complexity index is 542. The second-order valence-corrected chi connectivity index (χ2v) is 8.66. The number of allylic oxidation sites excluding steroid dienone is 1. The molecule has 0 saturated heterocycles. The number of fused-ring (bicyclic) bond motifs is 5. The van der Waals surface area contributed by atoms with Crippen LogP contribution in [0.25, 0.3) is 0 Å². The topological polar surface area (TPSA) is 37.3 Å². The molecule has 7 atom stereocenters. The number of ketones is 1. The second-order valence-electron chi connectivity index (χ2n) is 8.66. The minimum absolute atomic E-state index is 0.00851. The highest BCUT2D eigenvalue weighted by Crippen LogP contribution is 2.64. The summed E-state index contributed by atoms with van der Waals surface area (Å²) >= 11 is 0. The van der Waals surface area contributed by atoms with Crippen LogP contribution in [0.2, 0.25) is 0 Å². The van der Waals surface area contributed by atoms with E-state index < -0.39 is 6.17 Å². The molecular weight excluding hydrogens is 279 g/mol. The Morgan fingerprint density at radius 3 is 2.59 bits per heavy atom. The average Bonchev–Trinajstić information content (AvgIpc) is 2.77. The number of hydrogen-bond acceptors (Lipinski definition) is 2. The van der Waals surface area contributed by atoms with Gasteiger partial charge in [-0.3, -0.25) is 4.79 Å². The van der Waals surface area contributed by atoms with Gasteiger partial charge in [0.25, 0.3) is 0 Å². The molecule has 0 aromatic carbocycles. The number of carbonyl (C=O) groups is 1. The van der Waals surface area contributed by atoms with Gasteiger partial charge in [0.1, 0.15) is 12.0 Å². The molecule has 4 rings (SSSR count). The molecule has 0 aromatic heterocycles. The molecule has 4 aliphatic carbocycles. The summed E-state index contributed by atoms with van der Waals surface area (Å²) in [5.74, 6) is 0.936. The molecule has 0 amide bonds. The summed E-state index contributed by atoms with van der Waals surface area (Å²) < 4.78 is 15.1. The molecule has 0 bridgehead atoms. The molecule has 0 aliphatic heterocycles. The van der Waals surface area contributed by atoms with Crippen LogP contribution in [-0.4, -0.2) is 23.2 Å². The van der Waals surface area contributed by atoms with Crippen molar-refractivity contribution in [3.63, 3.8) is 0 Å². The Morgan fingerprint density at radius 1 is 1.14 bits per heavy atom. The van der Waals surface area contributed by atoms with Gasteiger partial charge in [0, 0.05) is 17.8 Å². The van der Waals surface area contributed by atoms with E-state index in [-0.39, 0.29) is 28.8 Å². The highest BCUT2D eigenvalue weighted by atomic mass is 19.1. The molecule has 122 valence electrons. The van der Waals surface area contributed by atoms with E-state index in [1.807, 2.05) is 6.08 Å². The Morgan fingerprint density at radius 2 is 1.82 bits per heavy atom. The van der Waals surface area contributed by atoms with Crippen LogP contribution in [0.5, 0.6) is 0 Å². The summed E-state index contributed by atoms with van der Waals surface area (Å²) in [7, 11) is 0. The number of aliphatic hydroxyl groups is 1. The predicted octanol–water partition coefficient (Wildman–Crippen LogP) is 3.83. The first-order chi connectivity index (χ1) is 10.4. The maximum atomic E-state index is 15.1. The zero-order valence-corrected chi connectivity index (χ0v) is 13.6. The third-order valence-corrected chi connectivity index (χ3v) is 7.77. The Kier molecular flexibility index (Phi) is 3.15. The van der Waals surface area contributed by atoms with Crippen molar-refractivity contribution >= 4 is 5.78 Å². The molecular formula is C19H27FO2. The number of carbonyl (C=O) groups excluding carboxylic acids is 1. The smallest absolute Gasteiger partial charge is 0.139 e. The Hall–Kier alpha value is -0.700. The molecule has 1 unspecified atom stereocenters. The zero-order chi connectivity index (χ0) is 15.7. The lowest BCUT2D eigenvalue weighted by Gasteiger charge is -2.57. The quantitative estimate of drug-likeness (QED) is 0.691. The van der Waals surface area contributed by atoms with E-state index in [0.717, 1.165) is 37.7 Å². The highest BCUT2D eigenvalue weighted by Gasteiger charge is 2.61. The predicted molar refractivity (Wildman–Crippen MR) is 83.0 cm³/mol. The van der Waals surface area contributed by atoms with Gasteiger partial charge in [-0.15, -0.1) is 0 Å². The first-order valence-corrected chi connectivity index (χ1v) is 8.93. The lowest BCUT2D eigenvalue weighted by Crippen LogP contribution is -2.53. The minimum atomic E-state index is -0.936. The first-order valence-electron chi connectivity index (χ1n) is 8.93. The normalized spacial score (nSPS) is 54.3. The van der Waals surface area contributed by atoms with Gasteiger partial charge in [-0.1, -0.05) is 25.5 Å². The van der Waals surface area contributed by atoms with Crippen LogP contribution >= 0.6 is 0 Å². The third kappa shape index (κ3) is 1.78. The average molecular weight is 306 g/mol. The van der Waals surface area contributed by atoms with Crippen LogP contribution in [-0.2, 0) is 4.79 Å². The molecule has 22 heavy (non-hydrogen) atoms. The van der Waals surface area contributed by atoms with Gasteiger partial charge in [-0.2, -0.15) is 0 Å². The van der Waals surface area contributed by atoms with E-state index in [1.54, 1.807) is 0 Å². The van der Waals surface area contributed by atoms with Gasteiger partial charge in [0.05, 0.1) is 6.10 Å². The van der Waals surface area contributed by atoms with Crippen molar-refractivity contribution in [3.8, 4) is 0 Å². The van der Waals surface area contributed by atoms with Crippen LogP contribution in [0.15, 0.2) is 11.6 Å². The van der Waals surface area contributed by atoms with Crippen LogP contribution in [0.1, 0.15) is 58.8 Å². The lowest BCUT2D eigenvalue weighted by atomic mass is 9.47. The molecule has 0 spiro atoms. The van der Waals surface area contributed by atoms with Crippen molar-refractivity contribution in [1.29, 1.82) is 0 Å². The van der Waals surface area contributed by atoms with E-state index in [4.69, 9.17) is 0 Å². The summed E-state index contributed by atoms with van der Waals surface area (Å²) in [6.45, 7) is 4.37. The largest absolute Gasteiger partial charge is 0.393 e. The Labute approximate surface area is 132 Å². The molecule has 0 heterocycles. The highest BCUT2D eigenvalue weighted by molar-refractivity contribution is 5.87. The summed E-state index contributed by atoms with van der Waals surface area (Å²) in [6, 6.07) is 0. The third-order valence-electron chi connectivity index (χ3n) is 7.77. The molecule has 1 N–H and O–H groups in total. The van der Waals surface area contributed by atoms with Gasteiger partial charge < -0.3 is 5.11 Å². The maximum Gasteiger partial charge on any atom is 0.139 e. The summed E-state index contributed by atoms with van der Waals surface area (Å²) in [6.07, 6.45) is 6.42. The van der Waals surface area contributed by atoms with Crippen molar-refractivity contribution < 1.29 is 14.3 Å². The van der Waals surface area contributed by atoms with Crippen LogP contribution in [0.3, 0.4) is 0 Å². The molecule has 0 radical (unpaired) electrons. The van der Waals surface area contributed by atoms with Crippen LogP contribution in [0.4, 0.5) is 4.39 Å². The van der Waals surface area contributed by atoms with E-state index in [1.165, 1.54) is 0 Å². The van der Waals surface area contributed by atoms with Crippen LogP contribution < -0.4 is 0 Å². The number of alkyl halides is 1. The van der Waals surface area contributed by atoms with Crippen molar-refractivity contribution in [1.82, 2.24) is 0 Å². The van der Waals surface area contributed by atoms with Gasteiger partial charge in [-0.25, -0.2) is 4.39 Å². The second kappa shape index (κ2) is 4.66. The number of aliphatic hydroxyl groups excluding tert-OH is 1. The summed E-state index contributed by atoms with van der Waals surface area (Å²) in [5.41, 5.74) is 0.911. The van der Waals surface area contributed by atoms with E-state index >= 15 is 4.39 Å². The van der Waals surface area contributed by atoms with E-state index in [9.17, 15) is 9.90 Å². The molecule has 3 saturated carbocycles. The SMILES string of the molecule is C[C@]12CC[C@H](O)CC1=CC(F)[C@@H]1[C@@H]2CC[C@]2(C)C(=O)CC[C@@H]12. The molecule has 0 aromatic rings. The summed E-state index contributed by atoms with van der Waals surface area (Å²) in [5, 5.41) is 9.96. The van der Waals surface area contributed by atoms with Crippen molar-refractivity contribution in [2.45, 2.75) is 71.1 Å². The zero-order valence-electron chi connectivity index (χ0n) is 13.6. The number of Topliss-reactive ketones (excluding diaryl/α,β-unsaturated/α-hetero) is 1. The lowest BCUT2D eigenvalue weighted by molar-refractivity contribution is -0.133. The standard InChI is InChI=1S/C19H27FO2/c1-18-7-5-12(21)9-11(18)10-15(20)17-13-3-4-16(22)19(13,2)8-6-14(17)18/h10,12-15,17,21H,3-9H2,1-2H3/t12-,13-,14-,15?,17-,18-,19-/m0/s1. The molecule has 2 nitrogen and oxygen atoms in total. The summed E-state index contributed by atoms with van der Waals surface area (Å²) in [4.78, 5) is 12.3.